The third-order valence-corrected chi connectivity index (χ3v) is 2.20. The molecule has 1 aromatic heterocycles. The van der Waals surface area contributed by atoms with Gasteiger partial charge in [0.15, 0.2) is 5.82 Å². The van der Waals surface area contributed by atoms with Crippen LogP contribution in [0.15, 0.2) is 29.1 Å². The Kier molecular flexibility index (Phi) is 2.60. The molecule has 0 fully saturated rings. The molecule has 17 heavy (non-hydrogen) atoms. The number of fused-ring (bicyclic) bond motifs is 1. The van der Waals surface area contributed by atoms with Crippen LogP contribution in [-0.4, -0.2) is 16.4 Å². The number of para-hydroxylation sites is 1. The van der Waals surface area contributed by atoms with Crippen LogP contribution in [0.4, 0.5) is 17.6 Å². The van der Waals surface area contributed by atoms with Crippen LogP contribution in [0.2, 0.25) is 0 Å². The molecule has 0 aliphatic rings. The van der Waals surface area contributed by atoms with Gasteiger partial charge in [0.1, 0.15) is 0 Å². The molecule has 0 saturated carbocycles. The summed E-state index contributed by atoms with van der Waals surface area (Å²) in [7, 11) is 0. The highest BCUT2D eigenvalue weighted by molar-refractivity contribution is 5.77. The summed E-state index contributed by atoms with van der Waals surface area (Å²) in [5, 5.41) is 0.0707. The van der Waals surface area contributed by atoms with Gasteiger partial charge in [0.05, 0.1) is 10.9 Å². The molecule has 1 heterocycles. The van der Waals surface area contributed by atoms with Crippen LogP contribution in [0.1, 0.15) is 5.82 Å². The van der Waals surface area contributed by atoms with Crippen molar-refractivity contribution >= 4 is 10.9 Å². The van der Waals surface area contributed by atoms with Gasteiger partial charge in [0.2, 0.25) is 0 Å². The molecular formula is C10H6F4N2O. The van der Waals surface area contributed by atoms with E-state index in [1.807, 2.05) is 0 Å². The van der Waals surface area contributed by atoms with Gasteiger partial charge in [-0.2, -0.15) is 8.78 Å². The highest BCUT2D eigenvalue weighted by atomic mass is 19.3. The van der Waals surface area contributed by atoms with Gasteiger partial charge in [0, 0.05) is 0 Å². The first-order chi connectivity index (χ1) is 7.93. The highest BCUT2D eigenvalue weighted by Gasteiger charge is 2.45. The number of halogens is 4. The maximum atomic E-state index is 13.0. The Labute approximate surface area is 92.1 Å². The maximum absolute atomic E-state index is 13.0. The van der Waals surface area contributed by atoms with Crippen LogP contribution >= 0.6 is 0 Å². The molecule has 3 nitrogen and oxygen atoms in total. The van der Waals surface area contributed by atoms with Crippen molar-refractivity contribution in [2.45, 2.75) is 12.3 Å². The number of H-pyrrole nitrogens is 1. The molecule has 0 atom stereocenters. The van der Waals surface area contributed by atoms with E-state index in [9.17, 15) is 22.4 Å². The Morgan fingerprint density at radius 3 is 2.53 bits per heavy atom. The predicted octanol–water partition coefficient (Wildman–Crippen LogP) is 2.28. The molecule has 1 aromatic carbocycles. The average Bonchev–Trinajstić information content (AvgIpc) is 2.28. The van der Waals surface area contributed by atoms with Crippen molar-refractivity contribution in [2.24, 2.45) is 0 Å². The standard InChI is InChI=1S/C10H6F4N2O/c11-8(12)10(13,14)9-15-6-4-2-1-3-5(6)7(17)16-9/h1-4,8H,(H,15,16,17). The van der Waals surface area contributed by atoms with E-state index in [0.29, 0.717) is 0 Å². The molecule has 90 valence electrons. The third kappa shape index (κ3) is 1.88. The Hall–Kier alpha value is -1.92. The molecule has 0 unspecified atom stereocenters. The molecule has 1 N–H and O–H groups in total. The van der Waals surface area contributed by atoms with Gasteiger partial charge in [-0.15, -0.1) is 0 Å². The number of alkyl halides is 4. The fourth-order valence-corrected chi connectivity index (χ4v) is 1.35. The third-order valence-electron chi connectivity index (χ3n) is 2.20. The molecule has 0 radical (unpaired) electrons. The van der Waals surface area contributed by atoms with Crippen molar-refractivity contribution in [2.75, 3.05) is 0 Å². The number of benzene rings is 1. The lowest BCUT2D eigenvalue weighted by atomic mass is 10.2. The number of nitrogens with zero attached hydrogens (tertiary/aromatic N) is 1. The zero-order chi connectivity index (χ0) is 12.6. The molecule has 7 heteroatoms. The number of aromatic nitrogens is 2. The Morgan fingerprint density at radius 2 is 1.88 bits per heavy atom. The summed E-state index contributed by atoms with van der Waals surface area (Å²) in [6.07, 6.45) is -3.92. The molecule has 2 rings (SSSR count). The zero-order valence-corrected chi connectivity index (χ0v) is 8.25. The lowest BCUT2D eigenvalue weighted by molar-refractivity contribution is -0.140. The molecular weight excluding hydrogens is 240 g/mol. The molecule has 0 spiro atoms. The molecule has 0 bridgehead atoms. The van der Waals surface area contributed by atoms with Gasteiger partial charge in [-0.3, -0.25) is 4.79 Å². The Bertz CT molecular complexity index is 609. The fourth-order valence-electron chi connectivity index (χ4n) is 1.35. The van der Waals surface area contributed by atoms with Crippen molar-refractivity contribution in [3.05, 3.63) is 40.4 Å². The lowest BCUT2D eigenvalue weighted by Crippen LogP contribution is -2.29. The van der Waals surface area contributed by atoms with Gasteiger partial charge in [-0.25, -0.2) is 13.8 Å². The topological polar surface area (TPSA) is 45.8 Å². The normalized spacial score (nSPS) is 12.3. The maximum Gasteiger partial charge on any atom is 0.363 e. The quantitative estimate of drug-likeness (QED) is 0.826. The molecule has 2 aromatic rings. The van der Waals surface area contributed by atoms with Crippen molar-refractivity contribution in [1.29, 1.82) is 0 Å². The summed E-state index contributed by atoms with van der Waals surface area (Å²) in [6, 6.07) is 5.66. The lowest BCUT2D eigenvalue weighted by Gasteiger charge is -2.14. The van der Waals surface area contributed by atoms with E-state index in [4.69, 9.17) is 0 Å². The Balaban J connectivity index is 2.70. The van der Waals surface area contributed by atoms with Crippen LogP contribution < -0.4 is 5.56 Å². The number of aromatic amines is 1. The summed E-state index contributed by atoms with van der Waals surface area (Å²) >= 11 is 0. The second kappa shape index (κ2) is 3.83. The van der Waals surface area contributed by atoms with E-state index in [1.54, 1.807) is 4.98 Å². The van der Waals surface area contributed by atoms with Crippen LogP contribution in [0.5, 0.6) is 0 Å². The van der Waals surface area contributed by atoms with Gasteiger partial charge in [0.25, 0.3) is 5.56 Å². The zero-order valence-electron chi connectivity index (χ0n) is 8.25. The van der Waals surface area contributed by atoms with Crippen molar-refractivity contribution < 1.29 is 17.6 Å². The first-order valence-corrected chi connectivity index (χ1v) is 4.58. The predicted molar refractivity (Wildman–Crippen MR) is 52.3 cm³/mol. The van der Waals surface area contributed by atoms with E-state index in [0.717, 1.165) is 0 Å². The van der Waals surface area contributed by atoms with E-state index in [2.05, 4.69) is 4.98 Å². The van der Waals surface area contributed by atoms with E-state index in [-0.39, 0.29) is 10.9 Å². The van der Waals surface area contributed by atoms with Crippen LogP contribution in [0.25, 0.3) is 10.9 Å². The first-order valence-electron chi connectivity index (χ1n) is 4.58. The van der Waals surface area contributed by atoms with Gasteiger partial charge >= 0.3 is 12.3 Å². The molecule has 0 saturated heterocycles. The van der Waals surface area contributed by atoms with E-state index >= 15 is 0 Å². The van der Waals surface area contributed by atoms with E-state index < -0.39 is 23.7 Å². The van der Waals surface area contributed by atoms with Crippen LogP contribution in [-0.2, 0) is 5.92 Å². The average molecular weight is 246 g/mol. The number of rotatable bonds is 2. The second-order valence-corrected chi connectivity index (χ2v) is 3.36. The second-order valence-electron chi connectivity index (χ2n) is 3.36. The summed E-state index contributed by atoms with van der Waals surface area (Å²) in [5.74, 6) is -5.79. The highest BCUT2D eigenvalue weighted by Crippen LogP contribution is 2.31. The van der Waals surface area contributed by atoms with Gasteiger partial charge in [-0.1, -0.05) is 12.1 Å². The Morgan fingerprint density at radius 1 is 1.24 bits per heavy atom. The number of nitrogens with one attached hydrogen (secondary N) is 1. The molecule has 0 aliphatic carbocycles. The van der Waals surface area contributed by atoms with Crippen molar-refractivity contribution in [3.8, 4) is 0 Å². The largest absolute Gasteiger partial charge is 0.363 e. The van der Waals surface area contributed by atoms with Gasteiger partial charge < -0.3 is 4.98 Å². The minimum Gasteiger partial charge on any atom is -0.305 e. The van der Waals surface area contributed by atoms with E-state index in [1.165, 1.54) is 24.3 Å². The summed E-state index contributed by atoms with van der Waals surface area (Å²) in [6.45, 7) is 0. The smallest absolute Gasteiger partial charge is 0.305 e. The van der Waals surface area contributed by atoms with Crippen LogP contribution in [0.3, 0.4) is 0 Å². The van der Waals surface area contributed by atoms with Crippen molar-refractivity contribution in [3.63, 3.8) is 0 Å². The first kappa shape index (κ1) is 11.6. The summed E-state index contributed by atoms with van der Waals surface area (Å²) in [5.41, 5.74) is -0.919. The number of hydrogen-bond acceptors (Lipinski definition) is 2. The fraction of sp³-hybridized carbons (Fsp3) is 0.200. The monoisotopic (exact) mass is 246 g/mol. The minimum absolute atomic E-state index is 0.0495. The SMILES string of the molecule is O=c1[nH]c(C(F)(F)C(F)F)nc2ccccc12. The van der Waals surface area contributed by atoms with Crippen molar-refractivity contribution in [1.82, 2.24) is 9.97 Å². The summed E-state index contributed by atoms with van der Waals surface area (Å²) < 4.78 is 50.2. The van der Waals surface area contributed by atoms with Gasteiger partial charge in [-0.05, 0) is 12.1 Å². The molecule has 0 amide bonds. The summed E-state index contributed by atoms with van der Waals surface area (Å²) in [4.78, 5) is 16.4. The molecule has 0 aliphatic heterocycles. The minimum atomic E-state index is -4.47. The van der Waals surface area contributed by atoms with Crippen LogP contribution in [0, 0.1) is 0 Å². The number of hydrogen-bond donors (Lipinski definition) is 1.